The maximum atomic E-state index is 6.34. The van der Waals surface area contributed by atoms with E-state index >= 15 is 0 Å². The number of imidazole rings is 1. The molecule has 2 atom stereocenters. The zero-order valence-electron chi connectivity index (χ0n) is 12.3. The molecule has 0 aliphatic heterocycles. The molecule has 2 rings (SSSR count). The Kier molecular flexibility index (Phi) is 4.51. The normalized spacial score (nSPS) is 14.8. The Hall–Kier alpha value is -1.02. The fourth-order valence-corrected chi connectivity index (χ4v) is 2.89. The average Bonchev–Trinajstić information content (AvgIpc) is 2.74. The first-order valence-corrected chi connectivity index (χ1v) is 7.64. The SMILES string of the molecule is CCCC(CC)n1c(C(C)Cl)nc2ccc(C)cc21. The molecular weight excluding hydrogens is 256 g/mol. The van der Waals surface area contributed by atoms with Gasteiger partial charge in [0.15, 0.2) is 0 Å². The Balaban J connectivity index is 2.65. The molecule has 0 fully saturated rings. The molecule has 2 unspecified atom stereocenters. The van der Waals surface area contributed by atoms with Crippen molar-refractivity contribution in [2.45, 2.75) is 58.4 Å². The summed E-state index contributed by atoms with van der Waals surface area (Å²) < 4.78 is 2.36. The van der Waals surface area contributed by atoms with E-state index in [1.807, 2.05) is 6.92 Å². The van der Waals surface area contributed by atoms with Gasteiger partial charge in [-0.05, 0) is 44.4 Å². The van der Waals surface area contributed by atoms with Crippen LogP contribution in [0.1, 0.15) is 62.8 Å². The Bertz CT molecular complexity index is 557. The van der Waals surface area contributed by atoms with Crippen LogP contribution in [-0.4, -0.2) is 9.55 Å². The number of aryl methyl sites for hydroxylation is 1. The maximum Gasteiger partial charge on any atom is 0.127 e. The molecular formula is C16H23ClN2. The van der Waals surface area contributed by atoms with Crippen LogP contribution in [0.15, 0.2) is 18.2 Å². The minimum atomic E-state index is -0.0568. The summed E-state index contributed by atoms with van der Waals surface area (Å²) in [4.78, 5) is 4.74. The summed E-state index contributed by atoms with van der Waals surface area (Å²) in [6, 6.07) is 6.93. The van der Waals surface area contributed by atoms with Crippen LogP contribution in [-0.2, 0) is 0 Å². The van der Waals surface area contributed by atoms with Crippen LogP contribution >= 0.6 is 11.6 Å². The van der Waals surface area contributed by atoms with Gasteiger partial charge in [0.05, 0.1) is 16.4 Å². The first kappa shape index (κ1) is 14.4. The van der Waals surface area contributed by atoms with E-state index in [-0.39, 0.29) is 5.38 Å². The zero-order valence-corrected chi connectivity index (χ0v) is 13.0. The van der Waals surface area contributed by atoms with Crippen LogP contribution in [0.25, 0.3) is 11.0 Å². The van der Waals surface area contributed by atoms with Crippen molar-refractivity contribution < 1.29 is 0 Å². The molecule has 104 valence electrons. The van der Waals surface area contributed by atoms with Crippen molar-refractivity contribution in [2.24, 2.45) is 0 Å². The van der Waals surface area contributed by atoms with Gasteiger partial charge < -0.3 is 4.57 Å². The molecule has 2 nitrogen and oxygen atoms in total. The lowest BCUT2D eigenvalue weighted by atomic mass is 10.1. The summed E-state index contributed by atoms with van der Waals surface area (Å²) in [6.45, 7) is 8.60. The number of benzene rings is 1. The number of hydrogen-bond donors (Lipinski definition) is 0. The molecule has 0 N–H and O–H groups in total. The Morgan fingerprint density at radius 2 is 2.05 bits per heavy atom. The van der Waals surface area contributed by atoms with Gasteiger partial charge >= 0.3 is 0 Å². The van der Waals surface area contributed by atoms with Crippen molar-refractivity contribution in [3.05, 3.63) is 29.6 Å². The van der Waals surface area contributed by atoms with Crippen molar-refractivity contribution in [3.8, 4) is 0 Å². The van der Waals surface area contributed by atoms with Crippen molar-refractivity contribution in [3.63, 3.8) is 0 Å². The Morgan fingerprint density at radius 1 is 1.32 bits per heavy atom. The minimum absolute atomic E-state index is 0.0568. The van der Waals surface area contributed by atoms with Crippen LogP contribution in [0.2, 0.25) is 0 Å². The van der Waals surface area contributed by atoms with E-state index in [2.05, 4.69) is 43.5 Å². The van der Waals surface area contributed by atoms with Gasteiger partial charge in [-0.1, -0.05) is 26.3 Å². The monoisotopic (exact) mass is 278 g/mol. The van der Waals surface area contributed by atoms with Gasteiger partial charge in [-0.25, -0.2) is 4.98 Å². The van der Waals surface area contributed by atoms with E-state index in [9.17, 15) is 0 Å². The molecule has 1 aromatic carbocycles. The molecule has 19 heavy (non-hydrogen) atoms. The Morgan fingerprint density at radius 3 is 2.63 bits per heavy atom. The predicted octanol–water partition coefficient (Wildman–Crippen LogP) is 5.40. The number of alkyl halides is 1. The summed E-state index contributed by atoms with van der Waals surface area (Å²) in [6.07, 6.45) is 3.47. The molecule has 1 aromatic heterocycles. The van der Waals surface area contributed by atoms with Crippen molar-refractivity contribution in [2.75, 3.05) is 0 Å². The third kappa shape index (κ3) is 2.79. The van der Waals surface area contributed by atoms with Crippen LogP contribution in [0, 0.1) is 6.92 Å². The summed E-state index contributed by atoms with van der Waals surface area (Å²) in [5, 5.41) is -0.0568. The molecule has 3 heteroatoms. The predicted molar refractivity (Wildman–Crippen MR) is 83.0 cm³/mol. The van der Waals surface area contributed by atoms with Gasteiger partial charge in [0.1, 0.15) is 5.82 Å². The molecule has 0 aliphatic rings. The summed E-state index contributed by atoms with van der Waals surface area (Å²) in [5.41, 5.74) is 3.55. The van der Waals surface area contributed by atoms with Crippen LogP contribution in [0.5, 0.6) is 0 Å². The van der Waals surface area contributed by atoms with E-state index in [0.717, 1.165) is 17.8 Å². The quantitative estimate of drug-likeness (QED) is 0.670. The standard InChI is InChI=1S/C16H23ClN2/c1-5-7-13(6-2)19-15-10-11(3)8-9-14(15)18-16(19)12(4)17/h8-10,12-13H,5-7H2,1-4H3. The molecule has 0 bridgehead atoms. The van der Waals surface area contributed by atoms with E-state index in [1.54, 1.807) is 0 Å². The lowest BCUT2D eigenvalue weighted by Gasteiger charge is -2.21. The van der Waals surface area contributed by atoms with E-state index in [4.69, 9.17) is 16.6 Å². The van der Waals surface area contributed by atoms with Gasteiger partial charge in [0.25, 0.3) is 0 Å². The number of halogens is 1. The molecule has 2 aromatic rings. The first-order chi connectivity index (χ1) is 9.08. The van der Waals surface area contributed by atoms with E-state index in [1.165, 1.54) is 23.9 Å². The summed E-state index contributed by atoms with van der Waals surface area (Å²) in [7, 11) is 0. The molecule has 0 saturated carbocycles. The number of fused-ring (bicyclic) bond motifs is 1. The molecule has 0 saturated heterocycles. The fourth-order valence-electron chi connectivity index (χ4n) is 2.74. The summed E-state index contributed by atoms with van der Waals surface area (Å²) >= 11 is 6.34. The van der Waals surface area contributed by atoms with E-state index in [0.29, 0.717) is 6.04 Å². The van der Waals surface area contributed by atoms with Gasteiger partial charge in [-0.2, -0.15) is 0 Å². The Labute approximate surface area is 120 Å². The number of nitrogens with zero attached hydrogens (tertiary/aromatic N) is 2. The number of aromatic nitrogens is 2. The molecule has 0 radical (unpaired) electrons. The fraction of sp³-hybridized carbons (Fsp3) is 0.562. The molecule has 0 aliphatic carbocycles. The first-order valence-electron chi connectivity index (χ1n) is 7.21. The van der Waals surface area contributed by atoms with Crippen molar-refractivity contribution >= 4 is 22.6 Å². The second kappa shape index (κ2) is 5.96. The van der Waals surface area contributed by atoms with Crippen LogP contribution in [0.4, 0.5) is 0 Å². The lowest BCUT2D eigenvalue weighted by Crippen LogP contribution is -2.12. The minimum Gasteiger partial charge on any atom is -0.324 e. The third-order valence-electron chi connectivity index (χ3n) is 3.69. The second-order valence-electron chi connectivity index (χ2n) is 5.30. The molecule has 1 heterocycles. The van der Waals surface area contributed by atoms with E-state index < -0.39 is 0 Å². The van der Waals surface area contributed by atoms with Gasteiger partial charge in [-0.15, -0.1) is 11.6 Å². The zero-order chi connectivity index (χ0) is 14.0. The molecule has 0 spiro atoms. The molecule has 0 amide bonds. The topological polar surface area (TPSA) is 17.8 Å². The van der Waals surface area contributed by atoms with Crippen LogP contribution < -0.4 is 0 Å². The second-order valence-corrected chi connectivity index (χ2v) is 5.95. The maximum absolute atomic E-state index is 6.34. The highest BCUT2D eigenvalue weighted by Crippen LogP contribution is 2.31. The lowest BCUT2D eigenvalue weighted by molar-refractivity contribution is 0.444. The highest BCUT2D eigenvalue weighted by atomic mass is 35.5. The van der Waals surface area contributed by atoms with Gasteiger partial charge in [-0.3, -0.25) is 0 Å². The van der Waals surface area contributed by atoms with Crippen molar-refractivity contribution in [1.82, 2.24) is 9.55 Å². The summed E-state index contributed by atoms with van der Waals surface area (Å²) in [5.74, 6) is 1.00. The largest absolute Gasteiger partial charge is 0.324 e. The smallest absolute Gasteiger partial charge is 0.127 e. The third-order valence-corrected chi connectivity index (χ3v) is 3.88. The van der Waals surface area contributed by atoms with Gasteiger partial charge in [0, 0.05) is 6.04 Å². The number of hydrogen-bond acceptors (Lipinski definition) is 1. The van der Waals surface area contributed by atoms with Crippen LogP contribution in [0.3, 0.4) is 0 Å². The average molecular weight is 279 g/mol. The highest BCUT2D eigenvalue weighted by molar-refractivity contribution is 6.20. The highest BCUT2D eigenvalue weighted by Gasteiger charge is 2.20. The van der Waals surface area contributed by atoms with Crippen molar-refractivity contribution in [1.29, 1.82) is 0 Å². The number of rotatable bonds is 5. The van der Waals surface area contributed by atoms with Gasteiger partial charge in [0.2, 0.25) is 0 Å².